The van der Waals surface area contributed by atoms with Gasteiger partial charge in [-0.05, 0) is 80.5 Å². The van der Waals surface area contributed by atoms with E-state index in [2.05, 4.69) is 95.8 Å². The van der Waals surface area contributed by atoms with Gasteiger partial charge in [-0.2, -0.15) is 0 Å². The lowest BCUT2D eigenvalue weighted by atomic mass is 10.0. The molecule has 222 valence electrons. The molecule has 2 aromatic carbocycles. The van der Waals surface area contributed by atoms with Gasteiger partial charge in [0.25, 0.3) is 0 Å². The summed E-state index contributed by atoms with van der Waals surface area (Å²) in [7, 11) is 4.25. The highest BCUT2D eigenvalue weighted by molar-refractivity contribution is 7.17. The average Bonchev–Trinajstić information content (AvgIpc) is 3.40. The normalized spacial score (nSPS) is 14.9. The van der Waals surface area contributed by atoms with Crippen molar-refractivity contribution in [3.05, 3.63) is 83.3 Å². The summed E-state index contributed by atoms with van der Waals surface area (Å²) < 4.78 is 1.30. The smallest absolute Gasteiger partial charge is 0.225 e. The number of aromatic nitrogens is 4. The van der Waals surface area contributed by atoms with Crippen molar-refractivity contribution in [3.63, 3.8) is 0 Å². The Hall–Kier alpha value is -3.92. The third kappa shape index (κ3) is 6.85. The molecule has 1 atom stereocenters. The monoisotopic (exact) mass is 592 g/mol. The summed E-state index contributed by atoms with van der Waals surface area (Å²) in [5.74, 6) is 2.37. The summed E-state index contributed by atoms with van der Waals surface area (Å²) in [6, 6.07) is 17.2. The SMILES string of the molecule is Cc1nc(N[C@@H](C)c2cccc(-c3cnc(N4CCN(CCN(C)C)CC4)nc3)c2)cc(-c2ccc3scc(C)c3c2)n1. The van der Waals surface area contributed by atoms with E-state index < -0.39 is 0 Å². The van der Waals surface area contributed by atoms with Gasteiger partial charge in [-0.1, -0.05) is 24.3 Å². The molecule has 3 aromatic heterocycles. The molecule has 1 saturated heterocycles. The van der Waals surface area contributed by atoms with Gasteiger partial charge in [-0.15, -0.1) is 11.3 Å². The largest absolute Gasteiger partial charge is 0.363 e. The van der Waals surface area contributed by atoms with Crippen molar-refractivity contribution < 1.29 is 0 Å². The second kappa shape index (κ2) is 12.8. The minimum atomic E-state index is 0.0488. The number of thiophene rings is 1. The minimum absolute atomic E-state index is 0.0488. The topological polar surface area (TPSA) is 73.3 Å². The quantitative estimate of drug-likeness (QED) is 0.214. The highest BCUT2D eigenvalue weighted by Crippen LogP contribution is 2.31. The molecule has 0 spiro atoms. The molecule has 6 rings (SSSR count). The molecular weight excluding hydrogens is 552 g/mol. The number of benzene rings is 2. The third-order valence-corrected chi connectivity index (χ3v) is 9.22. The summed E-state index contributed by atoms with van der Waals surface area (Å²) in [6.45, 7) is 12.5. The van der Waals surface area contributed by atoms with Crippen LogP contribution in [0, 0.1) is 13.8 Å². The summed E-state index contributed by atoms with van der Waals surface area (Å²) in [5.41, 5.74) is 6.62. The lowest BCUT2D eigenvalue weighted by Gasteiger charge is -2.35. The molecule has 4 heterocycles. The molecule has 0 aliphatic carbocycles. The average molecular weight is 593 g/mol. The summed E-state index contributed by atoms with van der Waals surface area (Å²) in [4.78, 5) is 26.0. The molecule has 5 aromatic rings. The van der Waals surface area contributed by atoms with Crippen molar-refractivity contribution >= 4 is 33.2 Å². The first kappa shape index (κ1) is 29.2. The van der Waals surface area contributed by atoms with Crippen molar-refractivity contribution in [2.24, 2.45) is 0 Å². The van der Waals surface area contributed by atoms with Crippen molar-refractivity contribution in [1.29, 1.82) is 0 Å². The van der Waals surface area contributed by atoms with Gasteiger partial charge in [0.1, 0.15) is 11.6 Å². The molecule has 0 amide bonds. The molecule has 1 fully saturated rings. The zero-order valence-corrected chi connectivity index (χ0v) is 26.5. The van der Waals surface area contributed by atoms with Gasteiger partial charge in [-0.25, -0.2) is 19.9 Å². The maximum atomic E-state index is 4.75. The Balaban J connectivity index is 1.13. The van der Waals surface area contributed by atoms with E-state index in [1.165, 1.54) is 21.2 Å². The first-order valence-corrected chi connectivity index (χ1v) is 15.9. The molecule has 0 radical (unpaired) electrons. The van der Waals surface area contributed by atoms with Crippen LogP contribution >= 0.6 is 11.3 Å². The van der Waals surface area contributed by atoms with E-state index in [-0.39, 0.29) is 6.04 Å². The van der Waals surface area contributed by atoms with E-state index in [0.29, 0.717) is 0 Å². The van der Waals surface area contributed by atoms with E-state index in [4.69, 9.17) is 19.9 Å². The Kier molecular flexibility index (Phi) is 8.65. The Morgan fingerprint density at radius 1 is 0.907 bits per heavy atom. The molecule has 1 aliphatic heterocycles. The summed E-state index contributed by atoms with van der Waals surface area (Å²) in [5, 5.41) is 7.10. The first-order valence-electron chi connectivity index (χ1n) is 15.0. The number of hydrogen-bond acceptors (Lipinski definition) is 9. The molecule has 0 saturated carbocycles. The predicted octanol–water partition coefficient (Wildman–Crippen LogP) is 6.29. The van der Waals surface area contributed by atoms with Crippen LogP contribution in [0.25, 0.3) is 32.5 Å². The summed E-state index contributed by atoms with van der Waals surface area (Å²) >= 11 is 1.78. The van der Waals surface area contributed by atoms with Gasteiger partial charge in [0.2, 0.25) is 5.95 Å². The van der Waals surface area contributed by atoms with E-state index >= 15 is 0 Å². The lowest BCUT2D eigenvalue weighted by molar-refractivity contribution is 0.228. The van der Waals surface area contributed by atoms with Crippen molar-refractivity contribution in [2.75, 3.05) is 63.6 Å². The van der Waals surface area contributed by atoms with Crippen LogP contribution in [0.15, 0.2) is 66.3 Å². The number of hydrogen-bond donors (Lipinski definition) is 1. The maximum absolute atomic E-state index is 4.75. The fraction of sp³-hybridized carbons (Fsp3) is 0.353. The Morgan fingerprint density at radius 2 is 1.70 bits per heavy atom. The molecule has 8 nitrogen and oxygen atoms in total. The van der Waals surface area contributed by atoms with Crippen LogP contribution in [-0.2, 0) is 0 Å². The van der Waals surface area contributed by atoms with Crippen molar-refractivity contribution in [2.45, 2.75) is 26.8 Å². The van der Waals surface area contributed by atoms with Crippen LogP contribution in [0.1, 0.15) is 29.9 Å². The first-order chi connectivity index (χ1) is 20.8. The molecule has 43 heavy (non-hydrogen) atoms. The molecule has 9 heteroatoms. The molecule has 0 bridgehead atoms. The Labute approximate surface area is 258 Å². The number of fused-ring (bicyclic) bond motifs is 1. The van der Waals surface area contributed by atoms with Crippen LogP contribution in [0.4, 0.5) is 11.8 Å². The van der Waals surface area contributed by atoms with E-state index in [1.807, 2.05) is 25.4 Å². The van der Waals surface area contributed by atoms with Gasteiger partial charge in [0, 0.05) is 79.6 Å². The highest BCUT2D eigenvalue weighted by atomic mass is 32.1. The van der Waals surface area contributed by atoms with Gasteiger partial charge in [-0.3, -0.25) is 4.90 Å². The van der Waals surface area contributed by atoms with Crippen LogP contribution in [-0.4, -0.2) is 83.1 Å². The molecule has 0 unspecified atom stereocenters. The van der Waals surface area contributed by atoms with Gasteiger partial charge in [0.05, 0.1) is 5.69 Å². The zero-order valence-electron chi connectivity index (χ0n) is 25.7. The van der Waals surface area contributed by atoms with E-state index in [0.717, 1.165) is 79.2 Å². The lowest BCUT2D eigenvalue weighted by Crippen LogP contribution is -2.48. The number of piperazine rings is 1. The third-order valence-electron chi connectivity index (χ3n) is 8.14. The van der Waals surface area contributed by atoms with Gasteiger partial charge >= 0.3 is 0 Å². The van der Waals surface area contributed by atoms with Crippen molar-refractivity contribution in [3.8, 4) is 22.4 Å². The van der Waals surface area contributed by atoms with Crippen LogP contribution in [0.3, 0.4) is 0 Å². The number of anilines is 2. The van der Waals surface area contributed by atoms with Crippen LogP contribution < -0.4 is 10.2 Å². The molecule has 1 aliphatic rings. The Bertz CT molecular complexity index is 1690. The van der Waals surface area contributed by atoms with E-state index in [9.17, 15) is 0 Å². The summed E-state index contributed by atoms with van der Waals surface area (Å²) in [6.07, 6.45) is 3.90. The molecular formula is C34H40N8S. The highest BCUT2D eigenvalue weighted by Gasteiger charge is 2.19. The minimum Gasteiger partial charge on any atom is -0.363 e. The number of rotatable bonds is 9. The fourth-order valence-electron chi connectivity index (χ4n) is 5.54. The standard InChI is InChI=1S/C34H40N8S/c1-23-22-43-32-10-9-28(18-30(23)32)31-19-33(39-25(3)38-31)37-24(2)26-7-6-8-27(17-26)29-20-35-34(36-21-29)42-15-13-41(14-16-42)12-11-40(4)5/h6-10,17-22,24H,11-16H2,1-5H3,(H,37,38,39)/t24-/m0/s1. The number of likely N-dealkylation sites (N-methyl/N-ethyl adjacent to an activating group) is 1. The fourth-order valence-corrected chi connectivity index (χ4v) is 6.47. The maximum Gasteiger partial charge on any atom is 0.225 e. The number of nitrogens with one attached hydrogen (secondary N) is 1. The van der Waals surface area contributed by atoms with Crippen LogP contribution in [0.2, 0.25) is 0 Å². The van der Waals surface area contributed by atoms with Gasteiger partial charge < -0.3 is 15.1 Å². The van der Waals surface area contributed by atoms with Crippen LogP contribution in [0.5, 0.6) is 0 Å². The second-order valence-corrected chi connectivity index (χ2v) is 12.6. The Morgan fingerprint density at radius 3 is 2.47 bits per heavy atom. The number of nitrogens with zero attached hydrogens (tertiary/aromatic N) is 7. The predicted molar refractivity (Wildman–Crippen MR) is 179 cm³/mol. The van der Waals surface area contributed by atoms with E-state index in [1.54, 1.807) is 11.3 Å². The zero-order chi connectivity index (χ0) is 29.9. The number of aryl methyl sites for hydroxylation is 2. The molecule has 1 N–H and O–H groups in total. The second-order valence-electron chi connectivity index (χ2n) is 11.7. The van der Waals surface area contributed by atoms with Crippen molar-refractivity contribution in [1.82, 2.24) is 29.7 Å². The van der Waals surface area contributed by atoms with Gasteiger partial charge in [0.15, 0.2) is 0 Å².